The number of carbonyl (C=O) groups excluding carboxylic acids is 1. The van der Waals surface area contributed by atoms with Gasteiger partial charge >= 0.3 is 0 Å². The van der Waals surface area contributed by atoms with E-state index in [2.05, 4.69) is 5.32 Å². The number of carbonyl (C=O) groups is 1. The highest BCUT2D eigenvalue weighted by Crippen LogP contribution is 2.25. The molecule has 2 unspecified atom stereocenters. The molecule has 1 amide bonds. The molecule has 3 heteroatoms. The average molecular weight is 199 g/mol. The first-order valence-corrected chi connectivity index (χ1v) is 5.55. The molecule has 0 aromatic heterocycles. The number of rotatable bonds is 3. The fourth-order valence-corrected chi connectivity index (χ4v) is 1.87. The van der Waals surface area contributed by atoms with E-state index in [0.717, 1.165) is 25.8 Å². The largest absolute Gasteiger partial charge is 0.390 e. The molecule has 82 valence electrons. The summed E-state index contributed by atoms with van der Waals surface area (Å²) < 4.78 is 0. The number of amides is 1. The van der Waals surface area contributed by atoms with E-state index < -0.39 is 5.60 Å². The van der Waals surface area contributed by atoms with Crippen LogP contribution in [0.3, 0.4) is 0 Å². The summed E-state index contributed by atoms with van der Waals surface area (Å²) in [6, 6.07) is 0. The first-order valence-electron chi connectivity index (χ1n) is 5.55. The molecule has 1 saturated heterocycles. The Bertz CT molecular complexity index is 201. The SMILES string of the molecule is CCC(C)(O)CC1CCCCNC1=O. The minimum absolute atomic E-state index is 0.00690. The Kier molecular flexibility index (Phi) is 3.93. The minimum atomic E-state index is -0.688. The molecule has 1 fully saturated rings. The zero-order valence-electron chi connectivity index (χ0n) is 9.18. The van der Waals surface area contributed by atoms with Gasteiger partial charge in [0.2, 0.25) is 5.91 Å². The third kappa shape index (κ3) is 3.29. The molecule has 2 N–H and O–H groups in total. The second-order valence-electron chi connectivity index (χ2n) is 4.54. The second kappa shape index (κ2) is 4.78. The lowest BCUT2D eigenvalue weighted by Crippen LogP contribution is -2.35. The van der Waals surface area contributed by atoms with E-state index in [9.17, 15) is 9.90 Å². The Balaban J connectivity index is 2.52. The molecule has 0 aromatic rings. The van der Waals surface area contributed by atoms with Gasteiger partial charge in [0.05, 0.1) is 5.60 Å². The molecule has 3 nitrogen and oxygen atoms in total. The topological polar surface area (TPSA) is 49.3 Å². The molecule has 0 radical (unpaired) electrons. The van der Waals surface area contributed by atoms with Crippen LogP contribution in [0.1, 0.15) is 46.0 Å². The molecule has 1 aliphatic heterocycles. The van der Waals surface area contributed by atoms with Crippen molar-refractivity contribution in [1.29, 1.82) is 0 Å². The first-order chi connectivity index (χ1) is 6.55. The highest BCUT2D eigenvalue weighted by atomic mass is 16.3. The average Bonchev–Trinajstić information content (AvgIpc) is 2.32. The smallest absolute Gasteiger partial charge is 0.223 e. The Morgan fingerprint density at radius 2 is 2.29 bits per heavy atom. The second-order valence-corrected chi connectivity index (χ2v) is 4.54. The van der Waals surface area contributed by atoms with Crippen LogP contribution in [0.2, 0.25) is 0 Å². The fourth-order valence-electron chi connectivity index (χ4n) is 1.87. The molecule has 0 bridgehead atoms. The summed E-state index contributed by atoms with van der Waals surface area (Å²) in [5.74, 6) is 0.128. The zero-order valence-corrected chi connectivity index (χ0v) is 9.18. The summed E-state index contributed by atoms with van der Waals surface area (Å²) >= 11 is 0. The van der Waals surface area contributed by atoms with Crippen LogP contribution in [-0.4, -0.2) is 23.2 Å². The summed E-state index contributed by atoms with van der Waals surface area (Å²) in [5.41, 5.74) is -0.688. The van der Waals surface area contributed by atoms with Crippen LogP contribution in [0.4, 0.5) is 0 Å². The summed E-state index contributed by atoms with van der Waals surface area (Å²) in [6.45, 7) is 4.56. The van der Waals surface area contributed by atoms with E-state index in [4.69, 9.17) is 0 Å². The van der Waals surface area contributed by atoms with E-state index in [1.807, 2.05) is 13.8 Å². The monoisotopic (exact) mass is 199 g/mol. The van der Waals surface area contributed by atoms with Crippen molar-refractivity contribution in [2.75, 3.05) is 6.54 Å². The van der Waals surface area contributed by atoms with E-state index in [-0.39, 0.29) is 11.8 Å². The van der Waals surface area contributed by atoms with Crippen molar-refractivity contribution in [2.24, 2.45) is 5.92 Å². The van der Waals surface area contributed by atoms with E-state index >= 15 is 0 Å². The van der Waals surface area contributed by atoms with Crippen molar-refractivity contribution in [1.82, 2.24) is 5.32 Å². The number of hydrogen-bond donors (Lipinski definition) is 2. The molecule has 0 saturated carbocycles. The highest BCUT2D eigenvalue weighted by molar-refractivity contribution is 5.78. The standard InChI is InChI=1S/C11H21NO2/c1-3-11(2,14)8-9-6-4-5-7-12-10(9)13/h9,14H,3-8H2,1-2H3,(H,12,13). The van der Waals surface area contributed by atoms with Gasteiger partial charge in [-0.2, -0.15) is 0 Å². The lowest BCUT2D eigenvalue weighted by atomic mass is 9.87. The molecular weight excluding hydrogens is 178 g/mol. The molecule has 0 spiro atoms. The maximum absolute atomic E-state index is 11.6. The van der Waals surface area contributed by atoms with Crippen LogP contribution in [0, 0.1) is 5.92 Å². The van der Waals surface area contributed by atoms with Crippen molar-refractivity contribution in [2.45, 2.75) is 51.6 Å². The van der Waals surface area contributed by atoms with E-state index in [1.54, 1.807) is 0 Å². The van der Waals surface area contributed by atoms with Gasteiger partial charge in [0.25, 0.3) is 0 Å². The zero-order chi connectivity index (χ0) is 10.6. The number of aliphatic hydroxyl groups is 1. The molecule has 2 atom stereocenters. The van der Waals surface area contributed by atoms with E-state index in [0.29, 0.717) is 12.8 Å². The maximum atomic E-state index is 11.6. The Hall–Kier alpha value is -0.570. The lowest BCUT2D eigenvalue weighted by Gasteiger charge is -2.25. The summed E-state index contributed by atoms with van der Waals surface area (Å²) in [4.78, 5) is 11.6. The van der Waals surface area contributed by atoms with Crippen molar-refractivity contribution in [3.05, 3.63) is 0 Å². The van der Waals surface area contributed by atoms with Gasteiger partial charge in [-0.15, -0.1) is 0 Å². The van der Waals surface area contributed by atoms with Crippen LogP contribution in [-0.2, 0) is 4.79 Å². The molecule has 0 aromatic carbocycles. The summed E-state index contributed by atoms with van der Waals surface area (Å²) in [7, 11) is 0. The van der Waals surface area contributed by atoms with Crippen LogP contribution in [0.15, 0.2) is 0 Å². The van der Waals surface area contributed by atoms with Gasteiger partial charge in [-0.1, -0.05) is 13.3 Å². The fraction of sp³-hybridized carbons (Fsp3) is 0.909. The third-order valence-corrected chi connectivity index (χ3v) is 3.10. The first kappa shape index (κ1) is 11.5. The molecule has 1 heterocycles. The van der Waals surface area contributed by atoms with Crippen LogP contribution in [0.25, 0.3) is 0 Å². The molecule has 1 rings (SSSR count). The van der Waals surface area contributed by atoms with E-state index in [1.165, 1.54) is 0 Å². The van der Waals surface area contributed by atoms with Gasteiger partial charge in [0.1, 0.15) is 0 Å². The maximum Gasteiger partial charge on any atom is 0.223 e. The normalized spacial score (nSPS) is 27.6. The summed E-state index contributed by atoms with van der Waals surface area (Å²) in [5, 5.41) is 12.8. The lowest BCUT2D eigenvalue weighted by molar-refractivity contribution is -0.126. The number of nitrogens with one attached hydrogen (secondary N) is 1. The number of hydrogen-bond acceptors (Lipinski definition) is 2. The van der Waals surface area contributed by atoms with Crippen molar-refractivity contribution in [3.63, 3.8) is 0 Å². The van der Waals surface area contributed by atoms with Gasteiger partial charge < -0.3 is 10.4 Å². The Labute approximate surface area is 85.9 Å². The third-order valence-electron chi connectivity index (χ3n) is 3.10. The summed E-state index contributed by atoms with van der Waals surface area (Å²) in [6.07, 6.45) is 4.37. The van der Waals surface area contributed by atoms with Crippen LogP contribution >= 0.6 is 0 Å². The molecule has 14 heavy (non-hydrogen) atoms. The van der Waals surface area contributed by atoms with Gasteiger partial charge in [0, 0.05) is 12.5 Å². The minimum Gasteiger partial charge on any atom is -0.390 e. The van der Waals surface area contributed by atoms with Gasteiger partial charge in [-0.05, 0) is 32.6 Å². The predicted octanol–water partition coefficient (Wildman–Crippen LogP) is 1.45. The van der Waals surface area contributed by atoms with Crippen molar-refractivity contribution in [3.8, 4) is 0 Å². The highest BCUT2D eigenvalue weighted by Gasteiger charge is 2.28. The van der Waals surface area contributed by atoms with Crippen LogP contribution < -0.4 is 5.32 Å². The molecule has 1 aliphatic rings. The Morgan fingerprint density at radius 3 is 2.93 bits per heavy atom. The molecule has 0 aliphatic carbocycles. The van der Waals surface area contributed by atoms with Gasteiger partial charge in [-0.25, -0.2) is 0 Å². The van der Waals surface area contributed by atoms with Crippen molar-refractivity contribution >= 4 is 5.91 Å². The molecular formula is C11H21NO2. The van der Waals surface area contributed by atoms with Crippen molar-refractivity contribution < 1.29 is 9.90 Å². The van der Waals surface area contributed by atoms with Gasteiger partial charge in [0.15, 0.2) is 0 Å². The quantitative estimate of drug-likeness (QED) is 0.723. The predicted molar refractivity (Wildman–Crippen MR) is 55.9 cm³/mol. The Morgan fingerprint density at radius 1 is 1.57 bits per heavy atom. The van der Waals surface area contributed by atoms with Crippen LogP contribution in [0.5, 0.6) is 0 Å². The van der Waals surface area contributed by atoms with Gasteiger partial charge in [-0.3, -0.25) is 4.79 Å².